The number of H-pyrrole nitrogens is 1. The number of benzene rings is 2. The Morgan fingerprint density at radius 2 is 1.92 bits per heavy atom. The lowest BCUT2D eigenvalue weighted by molar-refractivity contribution is 0.102. The van der Waals surface area contributed by atoms with E-state index in [2.05, 4.69) is 15.5 Å². The molecule has 0 atom stereocenters. The third-order valence-electron chi connectivity index (χ3n) is 4.50. The summed E-state index contributed by atoms with van der Waals surface area (Å²) in [6, 6.07) is 13.4. The minimum Gasteiger partial charge on any atom is -0.496 e. The number of amides is 1. The molecule has 1 fully saturated rings. The van der Waals surface area contributed by atoms with Crippen LogP contribution in [0.3, 0.4) is 0 Å². The van der Waals surface area contributed by atoms with Gasteiger partial charge < -0.3 is 10.1 Å². The lowest BCUT2D eigenvalue weighted by atomic mass is 10.1. The summed E-state index contributed by atoms with van der Waals surface area (Å²) in [5, 5.41) is 10.3. The Balaban J connectivity index is 1.76. The van der Waals surface area contributed by atoms with Crippen LogP contribution in [0.15, 0.2) is 48.5 Å². The molecule has 0 spiro atoms. The molecule has 4 rings (SSSR count). The van der Waals surface area contributed by atoms with Gasteiger partial charge in [0.2, 0.25) is 0 Å². The first-order valence-corrected chi connectivity index (χ1v) is 8.46. The summed E-state index contributed by atoms with van der Waals surface area (Å²) in [7, 11) is 1.59. The number of aromatic amines is 1. The molecular weight excluding hydrogens is 333 g/mol. The Hall–Kier alpha value is -3.15. The Bertz CT molecular complexity index is 963. The number of nitrogens with zero attached hydrogens (tertiary/aromatic N) is 1. The fourth-order valence-electron chi connectivity index (χ4n) is 3.01. The van der Waals surface area contributed by atoms with Crippen LogP contribution < -0.4 is 10.1 Å². The van der Waals surface area contributed by atoms with Gasteiger partial charge in [0.05, 0.1) is 24.1 Å². The van der Waals surface area contributed by atoms with E-state index in [1.165, 1.54) is 12.1 Å². The third-order valence-corrected chi connectivity index (χ3v) is 4.50. The normalized spacial score (nSPS) is 13.5. The molecule has 1 aliphatic rings. The number of hydrogen-bond acceptors (Lipinski definition) is 3. The van der Waals surface area contributed by atoms with E-state index in [0.717, 1.165) is 24.1 Å². The van der Waals surface area contributed by atoms with Crippen LogP contribution in [0.4, 0.5) is 10.1 Å². The highest BCUT2D eigenvalue weighted by atomic mass is 19.1. The molecular formula is C20H18FN3O2. The molecule has 26 heavy (non-hydrogen) atoms. The summed E-state index contributed by atoms with van der Waals surface area (Å²) in [6.45, 7) is 0. The van der Waals surface area contributed by atoms with Crippen molar-refractivity contribution in [3.63, 3.8) is 0 Å². The van der Waals surface area contributed by atoms with Crippen LogP contribution in [0.1, 0.15) is 34.8 Å². The first kappa shape index (κ1) is 16.3. The molecule has 1 aliphatic carbocycles. The number of carbonyl (C=O) groups excluding carboxylic acids is 1. The number of para-hydroxylation sites is 1. The smallest absolute Gasteiger partial charge is 0.258 e. The van der Waals surface area contributed by atoms with Gasteiger partial charge >= 0.3 is 0 Å². The minimum absolute atomic E-state index is 0.00132. The maximum Gasteiger partial charge on any atom is 0.258 e. The van der Waals surface area contributed by atoms with E-state index in [4.69, 9.17) is 4.74 Å². The number of ether oxygens (including phenoxy) is 1. The van der Waals surface area contributed by atoms with Crippen LogP contribution in [0, 0.1) is 5.82 Å². The number of hydrogen-bond donors (Lipinski definition) is 2. The highest BCUT2D eigenvalue weighted by Crippen LogP contribution is 2.46. The second-order valence-electron chi connectivity index (χ2n) is 6.27. The zero-order chi connectivity index (χ0) is 18.1. The van der Waals surface area contributed by atoms with E-state index in [-0.39, 0.29) is 5.56 Å². The predicted octanol–water partition coefficient (Wildman–Crippen LogP) is 4.35. The first-order chi connectivity index (χ1) is 12.7. The summed E-state index contributed by atoms with van der Waals surface area (Å²) in [5.74, 6) is -0.0625. The zero-order valence-electron chi connectivity index (χ0n) is 14.3. The van der Waals surface area contributed by atoms with E-state index in [1.54, 1.807) is 19.2 Å². The van der Waals surface area contributed by atoms with E-state index in [1.807, 2.05) is 24.3 Å². The maximum atomic E-state index is 14.0. The summed E-state index contributed by atoms with van der Waals surface area (Å²) < 4.78 is 19.4. The van der Waals surface area contributed by atoms with E-state index >= 15 is 0 Å². The summed E-state index contributed by atoms with van der Waals surface area (Å²) in [4.78, 5) is 12.6. The van der Waals surface area contributed by atoms with Crippen molar-refractivity contribution >= 4 is 11.6 Å². The van der Waals surface area contributed by atoms with Crippen molar-refractivity contribution in [2.24, 2.45) is 0 Å². The molecule has 1 heterocycles. The molecule has 1 amide bonds. The lowest BCUT2D eigenvalue weighted by Crippen LogP contribution is -2.15. The van der Waals surface area contributed by atoms with Crippen LogP contribution in [0.2, 0.25) is 0 Å². The van der Waals surface area contributed by atoms with E-state index in [9.17, 15) is 9.18 Å². The fraction of sp³-hybridized carbons (Fsp3) is 0.200. The summed E-state index contributed by atoms with van der Waals surface area (Å²) >= 11 is 0. The molecule has 1 saturated carbocycles. The second-order valence-corrected chi connectivity index (χ2v) is 6.27. The van der Waals surface area contributed by atoms with Crippen molar-refractivity contribution in [2.45, 2.75) is 18.8 Å². The van der Waals surface area contributed by atoms with Gasteiger partial charge in [0.1, 0.15) is 17.3 Å². The molecule has 0 bridgehead atoms. The Kier molecular flexibility index (Phi) is 4.16. The molecule has 0 saturated heterocycles. The van der Waals surface area contributed by atoms with Crippen LogP contribution in [-0.4, -0.2) is 23.2 Å². The Morgan fingerprint density at radius 1 is 1.19 bits per heavy atom. The number of halogens is 1. The van der Waals surface area contributed by atoms with Crippen molar-refractivity contribution in [3.8, 4) is 17.0 Å². The maximum absolute atomic E-state index is 14.0. The lowest BCUT2D eigenvalue weighted by Gasteiger charge is -2.11. The molecule has 5 nitrogen and oxygen atoms in total. The van der Waals surface area contributed by atoms with Crippen molar-refractivity contribution in [3.05, 3.63) is 65.6 Å². The molecule has 6 heteroatoms. The number of methoxy groups -OCH3 is 1. The van der Waals surface area contributed by atoms with E-state index < -0.39 is 11.7 Å². The van der Waals surface area contributed by atoms with Crippen LogP contribution in [-0.2, 0) is 0 Å². The monoisotopic (exact) mass is 351 g/mol. The number of aromatic nitrogens is 2. The molecule has 0 radical (unpaired) electrons. The van der Waals surface area contributed by atoms with Crippen LogP contribution in [0.25, 0.3) is 11.3 Å². The van der Waals surface area contributed by atoms with Crippen molar-refractivity contribution in [1.82, 2.24) is 10.2 Å². The van der Waals surface area contributed by atoms with Crippen molar-refractivity contribution < 1.29 is 13.9 Å². The second kappa shape index (κ2) is 6.63. The Morgan fingerprint density at radius 3 is 2.65 bits per heavy atom. The average Bonchev–Trinajstić information content (AvgIpc) is 3.43. The molecule has 3 aromatic rings. The molecule has 132 valence electrons. The molecule has 2 N–H and O–H groups in total. The fourth-order valence-corrected chi connectivity index (χ4v) is 3.01. The summed E-state index contributed by atoms with van der Waals surface area (Å²) in [6.07, 6.45) is 2.08. The van der Waals surface area contributed by atoms with Gasteiger partial charge in [0, 0.05) is 11.5 Å². The molecule has 0 aliphatic heterocycles. The van der Waals surface area contributed by atoms with Crippen LogP contribution >= 0.6 is 0 Å². The largest absolute Gasteiger partial charge is 0.496 e. The van der Waals surface area contributed by atoms with Gasteiger partial charge in [-0.15, -0.1) is 0 Å². The molecule has 2 aromatic carbocycles. The highest BCUT2D eigenvalue weighted by Gasteiger charge is 2.31. The van der Waals surface area contributed by atoms with Crippen LogP contribution in [0.5, 0.6) is 5.75 Å². The quantitative estimate of drug-likeness (QED) is 0.718. The van der Waals surface area contributed by atoms with Gasteiger partial charge in [-0.1, -0.05) is 24.3 Å². The standard InChI is InChI=1S/C20H18FN3O2/c1-26-16-9-5-3-7-14(16)18-19(17(23-24-18)12-10-11-12)22-20(25)13-6-2-4-8-15(13)21/h2-9,12H,10-11H2,1H3,(H,22,25)(H,23,24). The number of rotatable bonds is 5. The van der Waals surface area contributed by atoms with Gasteiger partial charge in [-0.2, -0.15) is 5.10 Å². The number of nitrogens with one attached hydrogen (secondary N) is 2. The van der Waals surface area contributed by atoms with Gasteiger partial charge in [0.25, 0.3) is 5.91 Å². The molecule has 1 aromatic heterocycles. The number of carbonyl (C=O) groups is 1. The average molecular weight is 351 g/mol. The molecule has 0 unspecified atom stereocenters. The third kappa shape index (κ3) is 2.94. The van der Waals surface area contributed by atoms with Crippen molar-refractivity contribution in [2.75, 3.05) is 12.4 Å². The van der Waals surface area contributed by atoms with Gasteiger partial charge in [-0.25, -0.2) is 4.39 Å². The Labute approximate surface area is 150 Å². The SMILES string of the molecule is COc1ccccc1-c1n[nH]c(C2CC2)c1NC(=O)c1ccccc1F. The van der Waals surface area contributed by atoms with E-state index in [0.29, 0.717) is 23.0 Å². The zero-order valence-corrected chi connectivity index (χ0v) is 14.3. The highest BCUT2D eigenvalue weighted by molar-refractivity contribution is 6.06. The van der Waals surface area contributed by atoms with Gasteiger partial charge in [-0.05, 0) is 37.1 Å². The van der Waals surface area contributed by atoms with Gasteiger partial charge in [-0.3, -0.25) is 9.89 Å². The number of anilines is 1. The van der Waals surface area contributed by atoms with Crippen molar-refractivity contribution in [1.29, 1.82) is 0 Å². The first-order valence-electron chi connectivity index (χ1n) is 8.46. The van der Waals surface area contributed by atoms with Gasteiger partial charge in [0.15, 0.2) is 0 Å². The predicted molar refractivity (Wildman–Crippen MR) is 96.9 cm³/mol. The minimum atomic E-state index is -0.555. The topological polar surface area (TPSA) is 67.0 Å². The summed E-state index contributed by atoms with van der Waals surface area (Å²) in [5.41, 5.74) is 2.82.